The molecule has 16 heavy (non-hydrogen) atoms. The van der Waals surface area contributed by atoms with E-state index in [1.807, 2.05) is 0 Å². The lowest BCUT2D eigenvalue weighted by Gasteiger charge is -2.17. The maximum atomic E-state index is 11.8. The summed E-state index contributed by atoms with van der Waals surface area (Å²) in [5.41, 5.74) is -0.264. The number of nitrogens with zero attached hydrogens (tertiary/aromatic N) is 2. The summed E-state index contributed by atoms with van der Waals surface area (Å²) in [5.74, 6) is -0.0739. The maximum Gasteiger partial charge on any atom is 0.529 e. The first-order chi connectivity index (χ1) is 7.52. The van der Waals surface area contributed by atoms with Crippen molar-refractivity contribution < 1.29 is 18.1 Å². The van der Waals surface area contributed by atoms with E-state index in [0.29, 0.717) is 0 Å². The molecule has 0 fully saturated rings. The van der Waals surface area contributed by atoms with Gasteiger partial charge in [-0.2, -0.15) is 10.5 Å². The van der Waals surface area contributed by atoms with Crippen LogP contribution in [0.4, 0.5) is 0 Å². The van der Waals surface area contributed by atoms with Crippen molar-refractivity contribution in [3.63, 3.8) is 0 Å². The van der Waals surface area contributed by atoms with Gasteiger partial charge in [0.15, 0.2) is 5.57 Å². The van der Waals surface area contributed by atoms with Gasteiger partial charge in [0.25, 0.3) is 0 Å². The molecule has 0 aromatic rings. The Kier molecular flexibility index (Phi) is 6.44. The summed E-state index contributed by atoms with van der Waals surface area (Å²) in [4.78, 5) is 0. The van der Waals surface area contributed by atoms with Crippen LogP contribution in [0.1, 0.15) is 20.8 Å². The Morgan fingerprint density at radius 1 is 1.19 bits per heavy atom. The van der Waals surface area contributed by atoms with Crippen LogP contribution in [0.5, 0.6) is 0 Å². The minimum Gasteiger partial charge on any atom is -0.407 e. The van der Waals surface area contributed by atoms with Crippen LogP contribution >= 0.6 is 7.82 Å². The molecule has 0 aromatic heterocycles. The molecule has 0 rings (SSSR count). The Labute approximate surface area is 94.6 Å². The molecule has 0 heterocycles. The molecular weight excluding hydrogens is 231 g/mol. The third-order valence-electron chi connectivity index (χ3n) is 1.40. The van der Waals surface area contributed by atoms with Crippen LogP contribution in [0.15, 0.2) is 11.3 Å². The van der Waals surface area contributed by atoms with Gasteiger partial charge in [0.1, 0.15) is 17.9 Å². The Balaban J connectivity index is 4.93. The summed E-state index contributed by atoms with van der Waals surface area (Å²) in [6, 6.07) is 3.24. The molecule has 0 N–H and O–H groups in total. The van der Waals surface area contributed by atoms with E-state index in [1.54, 1.807) is 26.0 Å². The summed E-state index contributed by atoms with van der Waals surface area (Å²) in [6.45, 7) is 4.89. The summed E-state index contributed by atoms with van der Waals surface area (Å²) >= 11 is 0. The second-order valence-corrected chi connectivity index (χ2v) is 4.12. The quantitative estimate of drug-likeness (QED) is 0.405. The van der Waals surface area contributed by atoms with Crippen LogP contribution in [-0.2, 0) is 18.1 Å². The average Bonchev–Trinajstić information content (AvgIpc) is 2.19. The molecule has 0 amide bonds. The first-order valence-electron chi connectivity index (χ1n) is 4.62. The Hall–Kier alpha value is -1.33. The highest BCUT2D eigenvalue weighted by atomic mass is 31.2. The fourth-order valence-corrected chi connectivity index (χ4v) is 2.04. The average molecular weight is 244 g/mol. The SMILES string of the molecule is CCOP(=O)(OCC)OC(C)=C(C#N)C#N. The van der Waals surface area contributed by atoms with Crippen molar-refractivity contribution in [2.75, 3.05) is 13.2 Å². The van der Waals surface area contributed by atoms with E-state index < -0.39 is 7.82 Å². The number of phosphoric acid groups is 1. The summed E-state index contributed by atoms with van der Waals surface area (Å²) in [5, 5.41) is 17.1. The number of rotatable bonds is 6. The van der Waals surface area contributed by atoms with Gasteiger partial charge < -0.3 is 4.52 Å². The minimum atomic E-state index is -3.72. The monoisotopic (exact) mass is 244 g/mol. The Morgan fingerprint density at radius 2 is 1.62 bits per heavy atom. The molecule has 0 aliphatic carbocycles. The zero-order valence-corrected chi connectivity index (χ0v) is 10.3. The first kappa shape index (κ1) is 14.7. The highest BCUT2D eigenvalue weighted by Crippen LogP contribution is 2.51. The highest BCUT2D eigenvalue weighted by molar-refractivity contribution is 7.48. The second kappa shape index (κ2) is 7.03. The smallest absolute Gasteiger partial charge is 0.407 e. The predicted molar refractivity (Wildman–Crippen MR) is 55.9 cm³/mol. The lowest BCUT2D eigenvalue weighted by Crippen LogP contribution is -2.00. The summed E-state index contributed by atoms with van der Waals surface area (Å²) in [6.07, 6.45) is 0. The van der Waals surface area contributed by atoms with Crippen LogP contribution in [0, 0.1) is 22.7 Å². The minimum absolute atomic E-state index is 0.0739. The van der Waals surface area contributed by atoms with Crippen molar-refractivity contribution in [1.29, 1.82) is 10.5 Å². The van der Waals surface area contributed by atoms with E-state index >= 15 is 0 Å². The van der Waals surface area contributed by atoms with Gasteiger partial charge in [-0.25, -0.2) is 4.57 Å². The lowest BCUT2D eigenvalue weighted by atomic mass is 10.3. The van der Waals surface area contributed by atoms with Gasteiger partial charge in [-0.05, 0) is 20.8 Å². The zero-order chi connectivity index (χ0) is 12.6. The molecule has 0 aromatic carbocycles. The highest BCUT2D eigenvalue weighted by Gasteiger charge is 2.28. The Morgan fingerprint density at radius 3 is 1.94 bits per heavy atom. The van der Waals surface area contributed by atoms with Crippen LogP contribution < -0.4 is 0 Å². The van der Waals surface area contributed by atoms with E-state index in [2.05, 4.69) is 0 Å². The van der Waals surface area contributed by atoms with Gasteiger partial charge in [0.05, 0.1) is 13.2 Å². The van der Waals surface area contributed by atoms with Crippen molar-refractivity contribution in [3.8, 4) is 12.1 Å². The Bertz CT molecular complexity index is 365. The number of hydrogen-bond acceptors (Lipinski definition) is 6. The molecule has 0 saturated carbocycles. The van der Waals surface area contributed by atoms with Gasteiger partial charge >= 0.3 is 7.82 Å². The fourth-order valence-electron chi connectivity index (χ4n) is 0.802. The largest absolute Gasteiger partial charge is 0.529 e. The van der Waals surface area contributed by atoms with Crippen LogP contribution in [0.2, 0.25) is 0 Å². The third kappa shape index (κ3) is 4.46. The van der Waals surface area contributed by atoms with E-state index in [9.17, 15) is 4.57 Å². The van der Waals surface area contributed by atoms with Crippen LogP contribution in [0.3, 0.4) is 0 Å². The van der Waals surface area contributed by atoms with E-state index in [4.69, 9.17) is 24.1 Å². The van der Waals surface area contributed by atoms with Crippen molar-refractivity contribution in [3.05, 3.63) is 11.3 Å². The number of phosphoric ester groups is 1. The van der Waals surface area contributed by atoms with E-state index in [0.717, 1.165) is 0 Å². The molecule has 0 bridgehead atoms. The van der Waals surface area contributed by atoms with Crippen molar-refractivity contribution in [1.82, 2.24) is 0 Å². The summed E-state index contributed by atoms with van der Waals surface area (Å²) in [7, 11) is -3.72. The normalized spacial score (nSPS) is 10.1. The molecule has 0 spiro atoms. The zero-order valence-electron chi connectivity index (χ0n) is 9.39. The van der Waals surface area contributed by atoms with Gasteiger partial charge in [-0.1, -0.05) is 0 Å². The topological polar surface area (TPSA) is 92.3 Å². The van der Waals surface area contributed by atoms with E-state index in [-0.39, 0.29) is 24.5 Å². The number of allylic oxidation sites excluding steroid dienone is 2. The number of hydrogen-bond donors (Lipinski definition) is 0. The molecule has 88 valence electrons. The first-order valence-corrected chi connectivity index (χ1v) is 6.08. The summed E-state index contributed by atoms with van der Waals surface area (Å²) < 4.78 is 26.4. The third-order valence-corrected chi connectivity index (χ3v) is 3.05. The maximum absolute atomic E-state index is 11.8. The molecule has 0 saturated heterocycles. The second-order valence-electron chi connectivity index (χ2n) is 2.53. The van der Waals surface area contributed by atoms with Crippen molar-refractivity contribution in [2.45, 2.75) is 20.8 Å². The van der Waals surface area contributed by atoms with Gasteiger partial charge in [-0.15, -0.1) is 0 Å². The van der Waals surface area contributed by atoms with Crippen LogP contribution in [-0.4, -0.2) is 13.2 Å². The molecule has 7 heteroatoms. The molecule has 0 radical (unpaired) electrons. The molecule has 0 unspecified atom stereocenters. The van der Waals surface area contributed by atoms with Crippen molar-refractivity contribution >= 4 is 7.82 Å². The lowest BCUT2D eigenvalue weighted by molar-refractivity contribution is 0.145. The van der Waals surface area contributed by atoms with Gasteiger partial charge in [0, 0.05) is 0 Å². The van der Waals surface area contributed by atoms with Gasteiger partial charge in [0.2, 0.25) is 0 Å². The number of nitriles is 2. The van der Waals surface area contributed by atoms with Crippen LogP contribution in [0.25, 0.3) is 0 Å². The van der Waals surface area contributed by atoms with Gasteiger partial charge in [-0.3, -0.25) is 9.05 Å². The molecule has 0 aliphatic heterocycles. The molecule has 0 atom stereocenters. The van der Waals surface area contributed by atoms with Crippen molar-refractivity contribution in [2.24, 2.45) is 0 Å². The fraction of sp³-hybridized carbons (Fsp3) is 0.556. The molecule has 6 nitrogen and oxygen atoms in total. The predicted octanol–water partition coefficient (Wildman–Crippen LogP) is 2.51. The van der Waals surface area contributed by atoms with E-state index in [1.165, 1.54) is 6.92 Å². The molecular formula is C9H13N2O4P. The standard InChI is InChI=1S/C9H13N2O4P/c1-4-13-16(12,14-5-2)15-8(3)9(6-10)7-11/h4-5H2,1-3H3. The molecule has 0 aliphatic rings.